The predicted molar refractivity (Wildman–Crippen MR) is 59.7 cm³/mol. The maximum Gasteiger partial charge on any atom is 0.261 e. The first-order valence-corrected chi connectivity index (χ1v) is 6.74. The monoisotopic (exact) mass is 257 g/mol. The summed E-state index contributed by atoms with van der Waals surface area (Å²) in [6, 6.07) is 6.15. The van der Waals surface area contributed by atoms with Gasteiger partial charge in [-0.25, -0.2) is 13.4 Å². The Morgan fingerprint density at radius 2 is 1.88 bits per heavy atom. The molecule has 0 radical (unpaired) electrons. The van der Waals surface area contributed by atoms with E-state index < -0.39 is 9.05 Å². The molecule has 1 aromatic heterocycles. The number of rotatable bonds is 2. The zero-order chi connectivity index (χ0) is 11.8. The van der Waals surface area contributed by atoms with Crippen molar-refractivity contribution in [2.24, 2.45) is 0 Å². The quantitative estimate of drug-likeness (QED) is 0.776. The summed E-state index contributed by atoms with van der Waals surface area (Å²) >= 11 is 0. The van der Waals surface area contributed by atoms with Crippen LogP contribution < -0.4 is 0 Å². The number of aryl methyl sites for hydroxylation is 1. The minimum atomic E-state index is -3.67. The second kappa shape index (κ2) is 3.92. The fraction of sp³-hybridized carbons (Fsp3) is 0.100. The Kier molecular flexibility index (Phi) is 2.73. The largest absolute Gasteiger partial charge is 0.448 e. The number of hydrogen-bond donors (Lipinski definition) is 0. The van der Waals surface area contributed by atoms with Crippen molar-refractivity contribution < 1.29 is 12.8 Å². The van der Waals surface area contributed by atoms with Crippen molar-refractivity contribution in [2.75, 3.05) is 0 Å². The van der Waals surface area contributed by atoms with Gasteiger partial charge >= 0.3 is 0 Å². The molecule has 0 unspecified atom stereocenters. The summed E-state index contributed by atoms with van der Waals surface area (Å²) in [5, 5.41) is 0. The SMILES string of the molecule is Cc1ocnc1-c1ccc(S(=O)(=O)Cl)cc1. The standard InChI is InChI=1S/C10H8ClNO3S/c1-7-10(12-6-15-7)8-2-4-9(5-3-8)16(11,13)14/h2-6H,1H3. The minimum Gasteiger partial charge on any atom is -0.448 e. The molecule has 84 valence electrons. The normalized spacial score (nSPS) is 11.6. The van der Waals surface area contributed by atoms with Crippen molar-refractivity contribution in [2.45, 2.75) is 11.8 Å². The van der Waals surface area contributed by atoms with Gasteiger partial charge in [0.15, 0.2) is 6.39 Å². The molecule has 1 aromatic carbocycles. The van der Waals surface area contributed by atoms with Crippen LogP contribution in [0, 0.1) is 6.92 Å². The summed E-state index contributed by atoms with van der Waals surface area (Å²) < 4.78 is 27.1. The maximum absolute atomic E-state index is 11.0. The molecular formula is C10H8ClNO3S. The lowest BCUT2D eigenvalue weighted by Crippen LogP contribution is -1.90. The highest BCUT2D eigenvalue weighted by molar-refractivity contribution is 8.13. The third kappa shape index (κ3) is 2.10. The Hall–Kier alpha value is -1.33. The number of aromatic nitrogens is 1. The molecule has 0 spiro atoms. The molecule has 2 aromatic rings. The molecule has 16 heavy (non-hydrogen) atoms. The topological polar surface area (TPSA) is 60.2 Å². The van der Waals surface area contributed by atoms with Crippen molar-refractivity contribution >= 4 is 19.7 Å². The van der Waals surface area contributed by atoms with Crippen LogP contribution in [0.5, 0.6) is 0 Å². The molecule has 0 aliphatic heterocycles. The van der Waals surface area contributed by atoms with Gasteiger partial charge in [0.25, 0.3) is 9.05 Å². The second-order valence-electron chi connectivity index (χ2n) is 3.22. The average Bonchev–Trinajstić information content (AvgIpc) is 2.63. The Balaban J connectivity index is 2.45. The van der Waals surface area contributed by atoms with Gasteiger partial charge in [-0.3, -0.25) is 0 Å². The Morgan fingerprint density at radius 1 is 1.25 bits per heavy atom. The van der Waals surface area contributed by atoms with Crippen LogP contribution in [-0.2, 0) is 9.05 Å². The molecule has 0 amide bonds. The van der Waals surface area contributed by atoms with Crippen LogP contribution in [0.1, 0.15) is 5.76 Å². The first-order chi connectivity index (χ1) is 7.48. The Labute approximate surface area is 97.3 Å². The molecule has 0 atom stereocenters. The van der Waals surface area contributed by atoms with E-state index in [-0.39, 0.29) is 4.90 Å². The van der Waals surface area contributed by atoms with E-state index in [1.165, 1.54) is 18.5 Å². The second-order valence-corrected chi connectivity index (χ2v) is 5.79. The maximum atomic E-state index is 11.0. The van der Waals surface area contributed by atoms with Gasteiger partial charge in [-0.2, -0.15) is 0 Å². The molecule has 0 fully saturated rings. The molecule has 2 rings (SSSR count). The van der Waals surface area contributed by atoms with Crippen LogP contribution in [0.3, 0.4) is 0 Å². The first kappa shape index (κ1) is 11.2. The summed E-state index contributed by atoms with van der Waals surface area (Å²) in [7, 11) is 1.54. The molecule has 1 heterocycles. The summed E-state index contributed by atoms with van der Waals surface area (Å²) in [5.74, 6) is 0.682. The summed E-state index contributed by atoms with van der Waals surface area (Å²) in [6.45, 7) is 1.79. The van der Waals surface area contributed by atoms with Crippen LogP contribution in [0.25, 0.3) is 11.3 Å². The van der Waals surface area contributed by atoms with Crippen molar-refractivity contribution in [1.29, 1.82) is 0 Å². The fourth-order valence-corrected chi connectivity index (χ4v) is 2.13. The van der Waals surface area contributed by atoms with Crippen molar-refractivity contribution in [1.82, 2.24) is 4.98 Å². The van der Waals surface area contributed by atoms with E-state index in [0.29, 0.717) is 11.5 Å². The van der Waals surface area contributed by atoms with Crippen LogP contribution in [-0.4, -0.2) is 13.4 Å². The van der Waals surface area contributed by atoms with Crippen LogP contribution in [0.4, 0.5) is 0 Å². The molecule has 0 saturated carbocycles. The van der Waals surface area contributed by atoms with Gasteiger partial charge in [-0.05, 0) is 19.1 Å². The van der Waals surface area contributed by atoms with E-state index in [1.54, 1.807) is 19.1 Å². The fourth-order valence-electron chi connectivity index (χ4n) is 1.36. The van der Waals surface area contributed by atoms with Crippen molar-refractivity contribution in [3.8, 4) is 11.3 Å². The highest BCUT2D eigenvalue weighted by Crippen LogP contribution is 2.23. The van der Waals surface area contributed by atoms with Gasteiger partial charge in [0.05, 0.1) is 4.90 Å². The predicted octanol–water partition coefficient (Wildman–Crippen LogP) is 2.58. The zero-order valence-electron chi connectivity index (χ0n) is 8.34. The molecule has 0 aliphatic rings. The third-order valence-electron chi connectivity index (χ3n) is 2.15. The zero-order valence-corrected chi connectivity index (χ0v) is 9.92. The van der Waals surface area contributed by atoms with E-state index >= 15 is 0 Å². The molecule has 4 nitrogen and oxygen atoms in total. The van der Waals surface area contributed by atoms with Gasteiger partial charge in [-0.15, -0.1) is 0 Å². The number of benzene rings is 1. The minimum absolute atomic E-state index is 0.0686. The number of oxazole rings is 1. The first-order valence-electron chi connectivity index (χ1n) is 4.43. The van der Waals surface area contributed by atoms with E-state index in [1.807, 2.05) is 0 Å². The number of hydrogen-bond acceptors (Lipinski definition) is 4. The average molecular weight is 258 g/mol. The molecule has 6 heteroatoms. The smallest absolute Gasteiger partial charge is 0.261 e. The molecule has 0 saturated heterocycles. The summed E-state index contributed by atoms with van der Waals surface area (Å²) in [4.78, 5) is 4.10. The van der Waals surface area contributed by atoms with E-state index in [4.69, 9.17) is 15.1 Å². The lowest BCUT2D eigenvalue weighted by atomic mass is 10.1. The molecular weight excluding hydrogens is 250 g/mol. The van der Waals surface area contributed by atoms with Gasteiger partial charge in [0.1, 0.15) is 11.5 Å². The highest BCUT2D eigenvalue weighted by atomic mass is 35.7. The van der Waals surface area contributed by atoms with E-state index in [2.05, 4.69) is 4.98 Å². The lowest BCUT2D eigenvalue weighted by Gasteiger charge is -1.99. The molecule has 0 N–H and O–H groups in total. The van der Waals surface area contributed by atoms with Gasteiger partial charge in [-0.1, -0.05) is 12.1 Å². The van der Waals surface area contributed by atoms with Crippen LogP contribution in [0.2, 0.25) is 0 Å². The highest BCUT2D eigenvalue weighted by Gasteiger charge is 2.11. The Morgan fingerprint density at radius 3 is 2.31 bits per heavy atom. The Bertz CT molecular complexity index is 601. The third-order valence-corrected chi connectivity index (χ3v) is 3.52. The van der Waals surface area contributed by atoms with Crippen LogP contribution >= 0.6 is 10.7 Å². The van der Waals surface area contributed by atoms with Crippen molar-refractivity contribution in [3.63, 3.8) is 0 Å². The summed E-state index contributed by atoms with van der Waals surface area (Å²) in [6.07, 6.45) is 1.34. The van der Waals surface area contributed by atoms with E-state index in [0.717, 1.165) is 5.56 Å². The molecule has 0 bridgehead atoms. The van der Waals surface area contributed by atoms with E-state index in [9.17, 15) is 8.42 Å². The van der Waals surface area contributed by atoms with Gasteiger partial charge in [0, 0.05) is 16.2 Å². The number of halogens is 1. The van der Waals surface area contributed by atoms with Gasteiger partial charge in [0.2, 0.25) is 0 Å². The van der Waals surface area contributed by atoms with Crippen LogP contribution in [0.15, 0.2) is 40.0 Å². The van der Waals surface area contributed by atoms with Gasteiger partial charge < -0.3 is 4.42 Å². The lowest BCUT2D eigenvalue weighted by molar-refractivity contribution is 0.527. The molecule has 0 aliphatic carbocycles. The number of nitrogens with zero attached hydrogens (tertiary/aromatic N) is 1. The van der Waals surface area contributed by atoms with Crippen molar-refractivity contribution in [3.05, 3.63) is 36.4 Å². The summed E-state index contributed by atoms with van der Waals surface area (Å²) in [5.41, 5.74) is 1.48.